The van der Waals surface area contributed by atoms with Gasteiger partial charge in [-0.1, -0.05) is 30.3 Å². The van der Waals surface area contributed by atoms with Crippen LogP contribution in [0.1, 0.15) is 31.4 Å². The number of aromatic carboxylic acids is 1. The van der Waals surface area contributed by atoms with Crippen LogP contribution in [0.4, 0.5) is 5.69 Å². The van der Waals surface area contributed by atoms with Gasteiger partial charge in [0.05, 0.1) is 10.5 Å². The van der Waals surface area contributed by atoms with Crippen LogP contribution in [0, 0.1) is 17.0 Å². The number of Topliss-reactive ketones (excluding diaryl/α,β-unsaturated/α-hetero) is 1. The van der Waals surface area contributed by atoms with Gasteiger partial charge in [-0.05, 0) is 30.0 Å². The highest BCUT2D eigenvalue weighted by atomic mass is 32.1. The zero-order valence-electron chi connectivity index (χ0n) is 15.7. The summed E-state index contributed by atoms with van der Waals surface area (Å²) in [6.07, 6.45) is -0.139. The number of carboxylic acids is 1. The topological polar surface area (TPSA) is 111 Å². The molecule has 0 unspecified atom stereocenters. The molecular formula is C22H15NO6S. The molecule has 2 heterocycles. The third-order valence-electron chi connectivity index (χ3n) is 4.82. The van der Waals surface area contributed by atoms with Crippen molar-refractivity contribution in [2.24, 2.45) is 0 Å². The van der Waals surface area contributed by atoms with Crippen LogP contribution in [-0.2, 0) is 6.42 Å². The van der Waals surface area contributed by atoms with E-state index in [0.717, 1.165) is 16.7 Å². The minimum Gasteiger partial charge on any atom is -0.478 e. The van der Waals surface area contributed by atoms with Crippen LogP contribution in [0.5, 0.6) is 0 Å². The summed E-state index contributed by atoms with van der Waals surface area (Å²) < 4.78 is 5.58. The van der Waals surface area contributed by atoms with Crippen molar-refractivity contribution in [1.82, 2.24) is 0 Å². The lowest BCUT2D eigenvalue weighted by molar-refractivity contribution is -0.385. The van der Waals surface area contributed by atoms with Crippen LogP contribution in [0.3, 0.4) is 0 Å². The molecule has 0 saturated carbocycles. The van der Waals surface area contributed by atoms with Gasteiger partial charge in [-0.15, -0.1) is 11.3 Å². The zero-order valence-corrected chi connectivity index (χ0v) is 16.6. The van der Waals surface area contributed by atoms with E-state index >= 15 is 0 Å². The van der Waals surface area contributed by atoms with Gasteiger partial charge in [0.25, 0.3) is 5.69 Å². The maximum absolute atomic E-state index is 12.7. The number of furan rings is 1. The molecule has 8 heteroatoms. The molecule has 7 nitrogen and oxygen atoms in total. The molecule has 150 valence electrons. The normalized spacial score (nSPS) is 11.0. The van der Waals surface area contributed by atoms with E-state index in [-0.39, 0.29) is 29.2 Å². The number of carboxylic acid groups (broad SMARTS) is 1. The molecule has 0 radical (unpaired) electrons. The third kappa shape index (κ3) is 3.48. The highest BCUT2D eigenvalue weighted by Gasteiger charge is 2.24. The Balaban J connectivity index is 1.71. The van der Waals surface area contributed by atoms with E-state index in [1.807, 2.05) is 12.1 Å². The van der Waals surface area contributed by atoms with Gasteiger partial charge in [-0.25, -0.2) is 4.79 Å². The second-order valence-corrected chi connectivity index (χ2v) is 7.72. The van der Waals surface area contributed by atoms with Crippen molar-refractivity contribution in [2.75, 3.05) is 0 Å². The van der Waals surface area contributed by atoms with Crippen molar-refractivity contribution in [3.8, 4) is 11.1 Å². The van der Waals surface area contributed by atoms with Crippen LogP contribution in [0.15, 0.2) is 58.3 Å². The molecule has 0 aliphatic carbocycles. The molecule has 4 aromatic rings. The molecule has 1 N–H and O–H groups in total. The monoisotopic (exact) mass is 421 g/mol. The number of benzene rings is 2. The molecule has 0 atom stereocenters. The Morgan fingerprint density at radius 3 is 2.63 bits per heavy atom. The average Bonchev–Trinajstić information content (AvgIpc) is 3.32. The Morgan fingerprint density at radius 1 is 1.17 bits per heavy atom. The van der Waals surface area contributed by atoms with Gasteiger partial charge in [-0.2, -0.15) is 0 Å². The number of nitro groups is 1. The van der Waals surface area contributed by atoms with Gasteiger partial charge < -0.3 is 9.52 Å². The van der Waals surface area contributed by atoms with Gasteiger partial charge in [0.2, 0.25) is 5.78 Å². The minimum atomic E-state index is -1.19. The molecule has 2 aromatic heterocycles. The highest BCUT2D eigenvalue weighted by Crippen LogP contribution is 2.35. The number of aryl methyl sites for hydroxylation is 1. The number of hydrogen-bond acceptors (Lipinski definition) is 6. The lowest BCUT2D eigenvalue weighted by Gasteiger charge is -2.05. The lowest BCUT2D eigenvalue weighted by atomic mass is 9.99. The van der Waals surface area contributed by atoms with Gasteiger partial charge in [0.1, 0.15) is 5.58 Å². The third-order valence-corrected chi connectivity index (χ3v) is 5.81. The second-order valence-electron chi connectivity index (χ2n) is 6.76. The molecule has 0 spiro atoms. The molecule has 0 saturated heterocycles. The Labute approximate surface area is 174 Å². The number of rotatable bonds is 6. The van der Waals surface area contributed by atoms with Crippen LogP contribution < -0.4 is 0 Å². The molecular weight excluding hydrogens is 406 g/mol. The number of hydrogen-bond donors (Lipinski definition) is 1. The summed E-state index contributed by atoms with van der Waals surface area (Å²) >= 11 is 1.13. The smallest absolute Gasteiger partial charge is 0.337 e. The van der Waals surface area contributed by atoms with Crippen LogP contribution in [0.2, 0.25) is 0 Å². The van der Waals surface area contributed by atoms with Gasteiger partial charge in [0, 0.05) is 33.9 Å². The van der Waals surface area contributed by atoms with Crippen molar-refractivity contribution in [3.63, 3.8) is 0 Å². The molecule has 2 aromatic carbocycles. The molecule has 0 fully saturated rings. The largest absolute Gasteiger partial charge is 0.478 e. The fraction of sp³-hybridized carbons (Fsp3) is 0.0909. The molecule has 30 heavy (non-hydrogen) atoms. The van der Waals surface area contributed by atoms with Gasteiger partial charge >= 0.3 is 5.97 Å². The first kappa shape index (κ1) is 19.5. The fourth-order valence-electron chi connectivity index (χ4n) is 3.30. The number of carbonyl (C=O) groups is 2. The lowest BCUT2D eigenvalue weighted by Crippen LogP contribution is -2.06. The summed E-state index contributed by atoms with van der Waals surface area (Å²) in [4.78, 5) is 35.8. The molecule has 4 rings (SSSR count). The van der Waals surface area contributed by atoms with Crippen molar-refractivity contribution in [1.29, 1.82) is 0 Å². The predicted octanol–water partition coefficient (Wildman–Crippen LogP) is 5.50. The van der Waals surface area contributed by atoms with E-state index in [1.54, 1.807) is 42.6 Å². The first-order valence-electron chi connectivity index (χ1n) is 8.96. The van der Waals surface area contributed by atoms with E-state index in [1.165, 1.54) is 6.07 Å². The summed E-state index contributed by atoms with van der Waals surface area (Å²) in [7, 11) is 0. The van der Waals surface area contributed by atoms with E-state index in [9.17, 15) is 24.8 Å². The number of nitrogens with zero attached hydrogens (tertiary/aromatic N) is 1. The SMILES string of the molecule is Cc1ccc(-c2csc(CC(=O)c3cc4ccccc4o3)c2C(=O)O)cc1[N+](=O)[O-]. The number of nitro benzene ring substituents is 1. The molecule has 0 aliphatic rings. The molecule has 0 amide bonds. The summed E-state index contributed by atoms with van der Waals surface area (Å²) in [6.45, 7) is 1.62. The molecule has 0 bridgehead atoms. The Bertz CT molecular complexity index is 1280. The quantitative estimate of drug-likeness (QED) is 0.250. The van der Waals surface area contributed by atoms with Crippen LogP contribution in [0.25, 0.3) is 22.1 Å². The zero-order chi connectivity index (χ0) is 21.4. The Morgan fingerprint density at radius 2 is 1.93 bits per heavy atom. The van der Waals surface area contributed by atoms with Crippen LogP contribution >= 0.6 is 11.3 Å². The maximum Gasteiger partial charge on any atom is 0.337 e. The fourth-order valence-corrected chi connectivity index (χ4v) is 4.34. The Hall–Kier alpha value is -3.78. The number of carbonyl (C=O) groups excluding carboxylic acids is 1. The number of fused-ring (bicyclic) bond motifs is 1. The summed E-state index contributed by atoms with van der Waals surface area (Å²) in [5.41, 5.74) is 1.72. The second kappa shape index (κ2) is 7.57. The van der Waals surface area contributed by atoms with E-state index < -0.39 is 10.9 Å². The summed E-state index contributed by atoms with van der Waals surface area (Å²) in [5.74, 6) is -1.37. The maximum atomic E-state index is 12.7. The van der Waals surface area contributed by atoms with E-state index in [4.69, 9.17) is 4.42 Å². The Kier molecular flexibility index (Phi) is 4.93. The number of thiophene rings is 1. The standard InChI is InChI=1S/C22H15NO6S/c1-12-6-7-13(8-16(12)23(27)28)15-11-30-20(21(15)22(25)26)10-17(24)19-9-14-4-2-3-5-18(14)29-19/h2-9,11H,10H2,1H3,(H,25,26). The number of para-hydroxylation sites is 1. The van der Waals surface area contributed by atoms with E-state index in [0.29, 0.717) is 27.2 Å². The predicted molar refractivity (Wildman–Crippen MR) is 112 cm³/mol. The first-order chi connectivity index (χ1) is 14.3. The number of ketones is 1. The van der Waals surface area contributed by atoms with Crippen molar-refractivity contribution < 1.29 is 24.0 Å². The van der Waals surface area contributed by atoms with Crippen LogP contribution in [-0.4, -0.2) is 21.8 Å². The minimum absolute atomic E-state index is 0.0254. The first-order valence-corrected chi connectivity index (χ1v) is 9.84. The highest BCUT2D eigenvalue weighted by molar-refractivity contribution is 7.11. The van der Waals surface area contributed by atoms with Crippen molar-refractivity contribution >= 4 is 39.7 Å². The molecule has 0 aliphatic heterocycles. The van der Waals surface area contributed by atoms with Gasteiger partial charge in [0.15, 0.2) is 5.76 Å². The summed E-state index contributed by atoms with van der Waals surface area (Å²) in [5, 5.41) is 23.4. The van der Waals surface area contributed by atoms with Gasteiger partial charge in [-0.3, -0.25) is 14.9 Å². The summed E-state index contributed by atoms with van der Waals surface area (Å²) in [6, 6.07) is 13.4. The van der Waals surface area contributed by atoms with Crippen molar-refractivity contribution in [2.45, 2.75) is 13.3 Å². The van der Waals surface area contributed by atoms with E-state index in [2.05, 4.69) is 0 Å². The van der Waals surface area contributed by atoms with Crippen molar-refractivity contribution in [3.05, 3.63) is 85.8 Å². The average molecular weight is 421 g/mol.